The Bertz CT molecular complexity index is 238. The molecule has 1 aliphatic rings. The smallest absolute Gasteiger partial charge is 0.0431 e. The first-order valence-electron chi connectivity index (χ1n) is 6.22. The van der Waals surface area contributed by atoms with Crippen molar-refractivity contribution in [3.63, 3.8) is 0 Å². The zero-order valence-corrected chi connectivity index (χ0v) is 6.10. The van der Waals surface area contributed by atoms with E-state index in [1.165, 1.54) is 4.90 Å². The van der Waals surface area contributed by atoms with E-state index >= 15 is 0 Å². The number of nitrogens with zero attached hydrogens (tertiary/aromatic N) is 1. The predicted molar refractivity (Wildman–Crippen MR) is 40.6 cm³/mol. The maximum absolute atomic E-state index is 7.72. The highest BCUT2D eigenvalue weighted by molar-refractivity contribution is 4.79. The first-order chi connectivity index (χ1) is 6.44. The SMILES string of the molecule is [2H]C1N(C(C)(C)C)C([2H])C([2H])([2H])C1([2H])[2H]. The van der Waals surface area contributed by atoms with Gasteiger partial charge in [-0.05, 0) is 46.6 Å². The van der Waals surface area contributed by atoms with Gasteiger partial charge in [0.2, 0.25) is 0 Å². The molecule has 0 aromatic heterocycles. The second-order valence-corrected chi connectivity index (χ2v) is 3.12. The van der Waals surface area contributed by atoms with Crippen molar-refractivity contribution in [3.05, 3.63) is 0 Å². The van der Waals surface area contributed by atoms with E-state index in [4.69, 9.17) is 8.22 Å². The van der Waals surface area contributed by atoms with Crippen LogP contribution in [0.1, 0.15) is 41.7 Å². The fourth-order valence-corrected chi connectivity index (χ4v) is 0.638. The summed E-state index contributed by atoms with van der Waals surface area (Å²) in [6.45, 7) is 2.60. The molecule has 9 heavy (non-hydrogen) atoms. The Hall–Kier alpha value is -0.0400. The van der Waals surface area contributed by atoms with Gasteiger partial charge >= 0.3 is 0 Å². The summed E-state index contributed by atoms with van der Waals surface area (Å²) >= 11 is 0. The van der Waals surface area contributed by atoms with Crippen molar-refractivity contribution >= 4 is 0 Å². The van der Waals surface area contributed by atoms with Crippen LogP contribution in [0, 0.1) is 0 Å². The van der Waals surface area contributed by atoms with Gasteiger partial charge in [0.15, 0.2) is 0 Å². The van der Waals surface area contributed by atoms with Crippen LogP contribution in [0.25, 0.3) is 0 Å². The van der Waals surface area contributed by atoms with Crippen molar-refractivity contribution in [1.82, 2.24) is 4.90 Å². The maximum atomic E-state index is 7.72. The largest absolute Gasteiger partial charge is 0.298 e. The minimum absolute atomic E-state index is 0.587. The average Bonchev–Trinajstić information content (AvgIpc) is 2.10. The van der Waals surface area contributed by atoms with E-state index in [9.17, 15) is 0 Å². The topological polar surface area (TPSA) is 3.24 Å². The van der Waals surface area contributed by atoms with Gasteiger partial charge in [0, 0.05) is 13.8 Å². The lowest BCUT2D eigenvalue weighted by Gasteiger charge is -2.31. The van der Waals surface area contributed by atoms with Gasteiger partial charge in [-0.3, -0.25) is 4.90 Å². The molecule has 1 nitrogen and oxygen atoms in total. The van der Waals surface area contributed by atoms with Crippen molar-refractivity contribution in [2.24, 2.45) is 0 Å². The highest BCUT2D eigenvalue weighted by Gasteiger charge is 2.23. The van der Waals surface area contributed by atoms with Crippen molar-refractivity contribution in [2.45, 2.75) is 39.1 Å². The van der Waals surface area contributed by atoms with Crippen LogP contribution < -0.4 is 0 Å². The summed E-state index contributed by atoms with van der Waals surface area (Å²) in [5, 5.41) is 0. The summed E-state index contributed by atoms with van der Waals surface area (Å²) in [4.78, 5) is 1.27. The second kappa shape index (κ2) is 2.30. The third-order valence-electron chi connectivity index (χ3n) is 1.27. The number of hydrogen-bond acceptors (Lipinski definition) is 1. The molecule has 0 N–H and O–H groups in total. The molecule has 0 aromatic carbocycles. The van der Waals surface area contributed by atoms with E-state index in [2.05, 4.69) is 0 Å². The van der Waals surface area contributed by atoms with Gasteiger partial charge in [-0.2, -0.15) is 0 Å². The summed E-state index contributed by atoms with van der Waals surface area (Å²) in [6, 6.07) is 0. The summed E-state index contributed by atoms with van der Waals surface area (Å²) in [5.74, 6) is 0. The van der Waals surface area contributed by atoms with E-state index < -0.39 is 31.3 Å². The van der Waals surface area contributed by atoms with Gasteiger partial charge < -0.3 is 0 Å². The molecule has 2 unspecified atom stereocenters. The molecule has 1 saturated heterocycles. The van der Waals surface area contributed by atoms with Gasteiger partial charge in [-0.1, -0.05) is 0 Å². The van der Waals surface area contributed by atoms with Crippen LogP contribution in [-0.4, -0.2) is 23.5 Å². The molecule has 0 amide bonds. The van der Waals surface area contributed by atoms with Gasteiger partial charge in [-0.15, -0.1) is 0 Å². The highest BCUT2D eigenvalue weighted by atomic mass is 15.2. The van der Waals surface area contributed by atoms with E-state index in [1.807, 2.05) is 0 Å². The Morgan fingerprint density at radius 3 is 1.89 bits per heavy atom. The minimum atomic E-state index is -2.31. The van der Waals surface area contributed by atoms with Crippen molar-refractivity contribution in [3.8, 4) is 0 Å². The van der Waals surface area contributed by atoms with Gasteiger partial charge in [0.05, 0.1) is 0 Å². The summed E-state index contributed by atoms with van der Waals surface area (Å²) in [5.41, 5.74) is -0.587. The molecule has 2 atom stereocenters. The molecule has 1 fully saturated rings. The lowest BCUT2D eigenvalue weighted by atomic mass is 10.1. The molecule has 1 heteroatoms. The third-order valence-corrected chi connectivity index (χ3v) is 1.27. The quantitative estimate of drug-likeness (QED) is 0.487. The number of hydrogen-bond donors (Lipinski definition) is 0. The standard InChI is InChI=1S/C8H17N/c1-8(2,3)9-6-4-5-7-9/h4-7H2,1-3H3/i4D2,5D2,6D,7D. The van der Waals surface area contributed by atoms with E-state index in [1.54, 1.807) is 20.8 Å². The van der Waals surface area contributed by atoms with Gasteiger partial charge in [0.1, 0.15) is 0 Å². The van der Waals surface area contributed by atoms with Gasteiger partial charge in [-0.25, -0.2) is 0 Å². The van der Waals surface area contributed by atoms with Crippen molar-refractivity contribution in [2.75, 3.05) is 13.0 Å². The molecule has 1 heterocycles. The molecule has 1 rings (SSSR count). The lowest BCUT2D eigenvalue weighted by molar-refractivity contribution is 0.175. The molecule has 0 bridgehead atoms. The van der Waals surface area contributed by atoms with Crippen molar-refractivity contribution in [1.29, 1.82) is 0 Å². The molecule has 0 radical (unpaired) electrons. The first kappa shape index (κ1) is 2.54. The molecule has 0 saturated carbocycles. The fourth-order valence-electron chi connectivity index (χ4n) is 0.638. The van der Waals surface area contributed by atoms with Crippen LogP contribution in [0.4, 0.5) is 0 Å². The van der Waals surface area contributed by atoms with Crippen LogP contribution in [0.2, 0.25) is 0 Å². The molecule has 0 aromatic rings. The first-order valence-corrected chi connectivity index (χ1v) is 3.07. The zero-order chi connectivity index (χ0) is 12.2. The lowest BCUT2D eigenvalue weighted by Crippen LogP contribution is -2.38. The molecular weight excluding hydrogens is 110 g/mol. The van der Waals surface area contributed by atoms with Crippen molar-refractivity contribution < 1.29 is 8.22 Å². The molecule has 54 valence electrons. The van der Waals surface area contributed by atoms with Crippen LogP contribution in [0.15, 0.2) is 0 Å². The maximum Gasteiger partial charge on any atom is 0.0431 e. The van der Waals surface area contributed by atoms with E-state index in [-0.39, 0.29) is 0 Å². The fraction of sp³-hybridized carbons (Fsp3) is 1.00. The Morgan fingerprint density at radius 1 is 1.22 bits per heavy atom. The van der Waals surface area contributed by atoms with Crippen LogP contribution in [0.5, 0.6) is 0 Å². The number of rotatable bonds is 0. The summed E-state index contributed by atoms with van der Waals surface area (Å²) in [7, 11) is 0. The monoisotopic (exact) mass is 133 g/mol. The zero-order valence-electron chi connectivity index (χ0n) is 12.1. The third kappa shape index (κ3) is 1.68. The Labute approximate surface area is 66.5 Å². The molecular formula is C8H17N. The normalized spacial score (nSPS) is 60.3. The average molecular weight is 133 g/mol. The Morgan fingerprint density at radius 2 is 1.67 bits per heavy atom. The second-order valence-electron chi connectivity index (χ2n) is 3.12. The van der Waals surface area contributed by atoms with Gasteiger partial charge in [0.25, 0.3) is 0 Å². The van der Waals surface area contributed by atoms with Crippen LogP contribution in [0.3, 0.4) is 0 Å². The van der Waals surface area contributed by atoms with E-state index in [0.717, 1.165) is 0 Å². The molecule has 0 aliphatic carbocycles. The van der Waals surface area contributed by atoms with E-state index in [0.29, 0.717) is 0 Å². The molecule has 0 spiro atoms. The predicted octanol–water partition coefficient (Wildman–Crippen LogP) is 1.88. The van der Waals surface area contributed by atoms with Crippen LogP contribution >= 0.6 is 0 Å². The van der Waals surface area contributed by atoms with Crippen LogP contribution in [-0.2, 0) is 0 Å². The minimum Gasteiger partial charge on any atom is -0.298 e. The summed E-state index contributed by atoms with van der Waals surface area (Å²) < 4.78 is 45.8. The Balaban J connectivity index is 3.18. The number of likely N-dealkylation sites (tertiary alicyclic amines) is 1. The highest BCUT2D eigenvalue weighted by Crippen LogP contribution is 2.19. The summed E-state index contributed by atoms with van der Waals surface area (Å²) in [6.07, 6.45) is -4.63. The Kier molecular flexibility index (Phi) is 0.647. The molecule has 1 aliphatic heterocycles.